The molecule has 1 saturated heterocycles. The average molecular weight is 220 g/mol. The maximum Gasteiger partial charge on any atom is 0.0740 e. The van der Waals surface area contributed by atoms with Crippen LogP contribution in [0.15, 0.2) is 33.6 Å². The second kappa shape index (κ2) is 3.96. The van der Waals surface area contributed by atoms with Crippen molar-refractivity contribution >= 4 is 17.3 Å². The van der Waals surface area contributed by atoms with Crippen molar-refractivity contribution in [3.05, 3.63) is 36.4 Å². The van der Waals surface area contributed by atoms with E-state index in [1.807, 2.05) is 6.21 Å². The summed E-state index contributed by atoms with van der Waals surface area (Å²) in [6.45, 7) is 4.19. The van der Waals surface area contributed by atoms with Crippen LogP contribution in [0.25, 0.3) is 0 Å². The molecule has 0 saturated carbocycles. The fourth-order valence-electron chi connectivity index (χ4n) is 1.92. The number of nitrogens with zero attached hydrogens (tertiary/aromatic N) is 1. The van der Waals surface area contributed by atoms with Gasteiger partial charge in [-0.05, 0) is 6.07 Å². The van der Waals surface area contributed by atoms with Crippen molar-refractivity contribution in [1.29, 1.82) is 0 Å². The number of piperazine rings is 1. The smallest absolute Gasteiger partial charge is 0.0740 e. The summed E-state index contributed by atoms with van der Waals surface area (Å²) in [7, 11) is 0. The van der Waals surface area contributed by atoms with Gasteiger partial charge >= 0.3 is 0 Å². The van der Waals surface area contributed by atoms with E-state index < -0.39 is 11.1 Å². The normalized spacial score (nSPS) is 31.5. The standard InChI is InChI=1S/C11H14N3S/c1-2-4-10-9(3-1)7-14-15(10)11-8-12-5-6-13-11/h1-4,7-8,11-13,15H,5-6H2. The Bertz CT molecular complexity index is 385. The molecule has 79 valence electrons. The van der Waals surface area contributed by atoms with E-state index >= 15 is 0 Å². The lowest BCUT2D eigenvalue weighted by atomic mass is 10.2. The highest BCUT2D eigenvalue weighted by molar-refractivity contribution is 8.17. The molecule has 3 nitrogen and oxygen atoms in total. The molecule has 2 heterocycles. The quantitative estimate of drug-likeness (QED) is 0.619. The molecule has 3 rings (SSSR count). The topological polar surface area (TPSA) is 36.4 Å². The van der Waals surface area contributed by atoms with Gasteiger partial charge in [0, 0.05) is 36.3 Å². The molecule has 2 aliphatic rings. The van der Waals surface area contributed by atoms with Gasteiger partial charge < -0.3 is 10.6 Å². The molecule has 2 atom stereocenters. The SMILES string of the molecule is [CH]1NCCNC1[SH]1N=Cc2ccccc21. The maximum absolute atomic E-state index is 4.63. The molecule has 2 unspecified atom stereocenters. The van der Waals surface area contributed by atoms with Gasteiger partial charge in [-0.2, -0.15) is 0 Å². The highest BCUT2D eigenvalue weighted by Crippen LogP contribution is 2.47. The Kier molecular flexibility index (Phi) is 2.48. The molecule has 2 N–H and O–H groups in total. The van der Waals surface area contributed by atoms with Crippen molar-refractivity contribution in [1.82, 2.24) is 10.6 Å². The Balaban J connectivity index is 1.86. The van der Waals surface area contributed by atoms with Crippen LogP contribution >= 0.6 is 11.1 Å². The lowest BCUT2D eigenvalue weighted by molar-refractivity contribution is 0.562. The van der Waals surface area contributed by atoms with Crippen molar-refractivity contribution in [2.75, 3.05) is 13.1 Å². The summed E-state index contributed by atoms with van der Waals surface area (Å²) in [5.41, 5.74) is 1.28. The van der Waals surface area contributed by atoms with Gasteiger partial charge in [0.25, 0.3) is 0 Å². The Morgan fingerprint density at radius 2 is 2.20 bits per heavy atom. The van der Waals surface area contributed by atoms with Gasteiger partial charge in [0.15, 0.2) is 0 Å². The minimum Gasteiger partial charge on any atom is -0.309 e. The Hall–Kier alpha value is -0.840. The molecule has 1 radical (unpaired) electrons. The van der Waals surface area contributed by atoms with Gasteiger partial charge in [-0.3, -0.25) is 0 Å². The summed E-state index contributed by atoms with van der Waals surface area (Å²) < 4.78 is 4.63. The Morgan fingerprint density at radius 1 is 1.27 bits per heavy atom. The molecule has 15 heavy (non-hydrogen) atoms. The van der Waals surface area contributed by atoms with E-state index in [0.29, 0.717) is 5.37 Å². The molecule has 1 fully saturated rings. The van der Waals surface area contributed by atoms with Gasteiger partial charge in [-0.25, -0.2) is 4.40 Å². The van der Waals surface area contributed by atoms with E-state index in [2.05, 4.69) is 45.8 Å². The second-order valence-electron chi connectivity index (χ2n) is 3.67. The van der Waals surface area contributed by atoms with E-state index in [-0.39, 0.29) is 0 Å². The molecule has 0 amide bonds. The van der Waals surface area contributed by atoms with Gasteiger partial charge in [0.2, 0.25) is 0 Å². The molecular weight excluding hydrogens is 206 g/mol. The zero-order valence-electron chi connectivity index (χ0n) is 8.35. The zero-order chi connectivity index (χ0) is 10.1. The lowest BCUT2D eigenvalue weighted by Gasteiger charge is -2.30. The number of rotatable bonds is 1. The molecule has 4 heteroatoms. The minimum atomic E-state index is -0.439. The third-order valence-electron chi connectivity index (χ3n) is 2.67. The fraction of sp³-hybridized carbons (Fsp3) is 0.273. The lowest BCUT2D eigenvalue weighted by Crippen LogP contribution is -2.44. The first-order valence-corrected chi connectivity index (χ1v) is 6.54. The summed E-state index contributed by atoms with van der Waals surface area (Å²) in [6.07, 6.45) is 2.01. The van der Waals surface area contributed by atoms with Crippen LogP contribution in [0.4, 0.5) is 0 Å². The van der Waals surface area contributed by atoms with Crippen LogP contribution in [0.2, 0.25) is 0 Å². The van der Waals surface area contributed by atoms with E-state index in [1.54, 1.807) is 0 Å². The summed E-state index contributed by atoms with van der Waals surface area (Å²) in [4.78, 5) is 1.39. The summed E-state index contributed by atoms with van der Waals surface area (Å²) in [5.74, 6) is 0. The second-order valence-corrected chi connectivity index (χ2v) is 5.63. The first-order chi connectivity index (χ1) is 7.45. The monoisotopic (exact) mass is 220 g/mol. The largest absolute Gasteiger partial charge is 0.309 e. The van der Waals surface area contributed by atoms with E-state index in [0.717, 1.165) is 13.1 Å². The molecule has 0 bridgehead atoms. The zero-order valence-corrected chi connectivity index (χ0v) is 9.24. The van der Waals surface area contributed by atoms with Crippen molar-refractivity contribution in [2.45, 2.75) is 10.3 Å². The highest BCUT2D eigenvalue weighted by atomic mass is 32.2. The van der Waals surface area contributed by atoms with E-state index in [4.69, 9.17) is 0 Å². The summed E-state index contributed by atoms with van der Waals surface area (Å²) in [6, 6.07) is 8.49. The van der Waals surface area contributed by atoms with Crippen LogP contribution in [-0.4, -0.2) is 24.7 Å². The van der Waals surface area contributed by atoms with Crippen LogP contribution in [0.3, 0.4) is 0 Å². The number of nitrogens with one attached hydrogen (secondary N) is 2. The average Bonchev–Trinajstić information content (AvgIpc) is 2.74. The van der Waals surface area contributed by atoms with Gasteiger partial charge in [0.1, 0.15) is 0 Å². The van der Waals surface area contributed by atoms with Gasteiger partial charge in [-0.15, -0.1) is 11.1 Å². The van der Waals surface area contributed by atoms with Crippen LogP contribution < -0.4 is 10.6 Å². The first kappa shape index (κ1) is 9.39. The Labute approximate surface area is 92.5 Å². The third-order valence-corrected chi connectivity index (χ3v) is 4.79. The third kappa shape index (κ3) is 1.69. The van der Waals surface area contributed by atoms with E-state index in [1.165, 1.54) is 10.5 Å². The van der Waals surface area contributed by atoms with E-state index in [9.17, 15) is 0 Å². The Morgan fingerprint density at radius 3 is 3.07 bits per heavy atom. The number of fused-ring (bicyclic) bond motifs is 1. The van der Waals surface area contributed by atoms with Crippen molar-refractivity contribution in [3.8, 4) is 0 Å². The molecular formula is C11H14N3S. The predicted octanol–water partition coefficient (Wildman–Crippen LogP) is 1.07. The van der Waals surface area contributed by atoms with Crippen LogP contribution in [0, 0.1) is 6.54 Å². The number of hydrogen-bond donors (Lipinski definition) is 3. The molecule has 2 aliphatic heterocycles. The van der Waals surface area contributed by atoms with Crippen LogP contribution in [-0.2, 0) is 0 Å². The molecule has 0 aliphatic carbocycles. The summed E-state index contributed by atoms with van der Waals surface area (Å²) >= 11 is -0.439. The summed E-state index contributed by atoms with van der Waals surface area (Å²) in [5, 5.41) is 7.18. The minimum absolute atomic E-state index is 0.383. The highest BCUT2D eigenvalue weighted by Gasteiger charge is 2.25. The van der Waals surface area contributed by atoms with Crippen LogP contribution in [0.1, 0.15) is 5.56 Å². The van der Waals surface area contributed by atoms with Crippen molar-refractivity contribution in [3.63, 3.8) is 0 Å². The predicted molar refractivity (Wildman–Crippen MR) is 65.4 cm³/mol. The maximum atomic E-state index is 4.63. The van der Waals surface area contributed by atoms with Gasteiger partial charge in [-0.1, -0.05) is 18.2 Å². The van der Waals surface area contributed by atoms with Gasteiger partial charge in [0.05, 0.1) is 5.37 Å². The first-order valence-electron chi connectivity index (χ1n) is 5.17. The number of thiol groups is 1. The molecule has 0 aromatic heterocycles. The molecule has 1 aromatic rings. The number of hydrogen-bond acceptors (Lipinski definition) is 3. The van der Waals surface area contributed by atoms with Crippen LogP contribution in [0.5, 0.6) is 0 Å². The molecule has 1 aromatic carbocycles. The van der Waals surface area contributed by atoms with Crippen molar-refractivity contribution in [2.24, 2.45) is 4.40 Å². The van der Waals surface area contributed by atoms with Crippen molar-refractivity contribution < 1.29 is 0 Å². The number of benzene rings is 1. The molecule has 0 spiro atoms. The fourth-order valence-corrected chi connectivity index (χ4v) is 3.92.